The van der Waals surface area contributed by atoms with Crippen molar-refractivity contribution in [2.45, 2.75) is 31.3 Å². The Morgan fingerprint density at radius 2 is 1.90 bits per heavy atom. The number of anilines is 1. The molecule has 2 aromatic rings. The van der Waals surface area contributed by atoms with Crippen LogP contribution in [0.15, 0.2) is 53.4 Å². The first-order valence-corrected chi connectivity index (χ1v) is 10.4. The Hall–Kier alpha value is -2.98. The van der Waals surface area contributed by atoms with Crippen LogP contribution in [0.1, 0.15) is 30.6 Å². The van der Waals surface area contributed by atoms with E-state index < -0.39 is 20.9 Å². The largest absolute Gasteiger partial charge is 0.379 e. The fourth-order valence-corrected chi connectivity index (χ4v) is 3.55. The van der Waals surface area contributed by atoms with Crippen LogP contribution in [0.5, 0.6) is 0 Å². The number of rotatable bonds is 10. The Bertz CT molecular complexity index is 975. The average molecular weight is 421 g/mol. The molecular formula is C19H23N3O6S. The van der Waals surface area contributed by atoms with Crippen molar-refractivity contribution in [3.05, 3.63) is 64.2 Å². The number of nitro benzene ring substituents is 1. The monoisotopic (exact) mass is 421 g/mol. The standard InChI is InChI=1S/C19H23N3O6S/c1-14(2)28-12-6-11-20-19(23)17-9-3-4-10-18(17)21-29(26,27)16-8-5-7-15(13-16)22(24)25/h3-5,7-10,13-14,21H,6,11-12H2,1-2H3,(H,20,23). The number of sulfonamides is 1. The molecule has 0 aromatic heterocycles. The molecule has 0 radical (unpaired) electrons. The van der Waals surface area contributed by atoms with Gasteiger partial charge in [0.1, 0.15) is 0 Å². The SMILES string of the molecule is CC(C)OCCCNC(=O)c1ccccc1NS(=O)(=O)c1cccc([N+](=O)[O-])c1. The fourth-order valence-electron chi connectivity index (χ4n) is 2.43. The first kappa shape index (κ1) is 22.3. The molecule has 2 aromatic carbocycles. The first-order valence-electron chi connectivity index (χ1n) is 8.97. The van der Waals surface area contributed by atoms with Gasteiger partial charge >= 0.3 is 0 Å². The van der Waals surface area contributed by atoms with Crippen molar-refractivity contribution in [3.8, 4) is 0 Å². The van der Waals surface area contributed by atoms with Crippen LogP contribution < -0.4 is 10.0 Å². The summed E-state index contributed by atoms with van der Waals surface area (Å²) in [5.74, 6) is -0.438. The zero-order valence-corrected chi connectivity index (χ0v) is 16.9. The van der Waals surface area contributed by atoms with Crippen LogP contribution >= 0.6 is 0 Å². The summed E-state index contributed by atoms with van der Waals surface area (Å²) in [5, 5.41) is 13.6. The van der Waals surface area contributed by atoms with E-state index in [9.17, 15) is 23.3 Å². The Morgan fingerprint density at radius 3 is 2.59 bits per heavy atom. The lowest BCUT2D eigenvalue weighted by molar-refractivity contribution is -0.385. The highest BCUT2D eigenvalue weighted by Gasteiger charge is 2.20. The number of nitrogens with zero attached hydrogens (tertiary/aromatic N) is 1. The summed E-state index contributed by atoms with van der Waals surface area (Å²) in [6, 6.07) is 10.8. The van der Waals surface area contributed by atoms with E-state index in [1.54, 1.807) is 12.1 Å². The van der Waals surface area contributed by atoms with Gasteiger partial charge in [0.25, 0.3) is 21.6 Å². The quantitative estimate of drug-likeness (QED) is 0.345. The molecule has 1 amide bonds. The minimum atomic E-state index is -4.12. The van der Waals surface area contributed by atoms with E-state index in [1.807, 2.05) is 13.8 Å². The highest BCUT2D eigenvalue weighted by Crippen LogP contribution is 2.22. The molecule has 9 nitrogen and oxygen atoms in total. The molecule has 0 saturated carbocycles. The third-order valence-electron chi connectivity index (χ3n) is 3.81. The number of hydrogen-bond acceptors (Lipinski definition) is 6. The average Bonchev–Trinajstić information content (AvgIpc) is 2.67. The molecule has 0 heterocycles. The van der Waals surface area contributed by atoms with Crippen LogP contribution in [0.2, 0.25) is 0 Å². The maximum absolute atomic E-state index is 12.6. The molecule has 0 aliphatic carbocycles. The summed E-state index contributed by atoms with van der Waals surface area (Å²) in [7, 11) is -4.12. The lowest BCUT2D eigenvalue weighted by Crippen LogP contribution is -2.27. The minimum Gasteiger partial charge on any atom is -0.379 e. The molecule has 0 aliphatic heterocycles. The lowest BCUT2D eigenvalue weighted by atomic mass is 10.1. The predicted molar refractivity (Wildman–Crippen MR) is 108 cm³/mol. The van der Waals surface area contributed by atoms with Gasteiger partial charge < -0.3 is 10.1 Å². The van der Waals surface area contributed by atoms with E-state index in [1.165, 1.54) is 30.3 Å². The molecule has 2 rings (SSSR count). The number of benzene rings is 2. The molecule has 0 atom stereocenters. The molecule has 156 valence electrons. The zero-order chi connectivity index (χ0) is 21.4. The van der Waals surface area contributed by atoms with Crippen molar-refractivity contribution in [2.24, 2.45) is 0 Å². The Labute approximate surface area is 169 Å². The molecule has 0 bridgehead atoms. The number of para-hydroxylation sites is 1. The van der Waals surface area contributed by atoms with Crippen molar-refractivity contribution in [1.82, 2.24) is 5.32 Å². The van der Waals surface area contributed by atoms with Gasteiger partial charge in [-0.2, -0.15) is 0 Å². The van der Waals surface area contributed by atoms with Gasteiger partial charge in [0.05, 0.1) is 27.2 Å². The highest BCUT2D eigenvalue weighted by molar-refractivity contribution is 7.92. The molecule has 0 spiro atoms. The summed E-state index contributed by atoms with van der Waals surface area (Å²) in [6.07, 6.45) is 0.723. The van der Waals surface area contributed by atoms with Crippen LogP contribution in [-0.4, -0.2) is 38.5 Å². The van der Waals surface area contributed by atoms with Gasteiger partial charge in [-0.15, -0.1) is 0 Å². The first-order chi connectivity index (χ1) is 13.7. The summed E-state index contributed by atoms with van der Waals surface area (Å²) >= 11 is 0. The van der Waals surface area contributed by atoms with Gasteiger partial charge in [-0.1, -0.05) is 18.2 Å². The van der Waals surface area contributed by atoms with Gasteiger partial charge in [0.2, 0.25) is 0 Å². The number of carbonyl (C=O) groups excluding carboxylic acids is 1. The third kappa shape index (κ3) is 6.54. The van der Waals surface area contributed by atoms with Gasteiger partial charge in [-0.25, -0.2) is 8.42 Å². The summed E-state index contributed by atoms with van der Waals surface area (Å²) in [4.78, 5) is 22.4. The van der Waals surface area contributed by atoms with Crippen LogP contribution in [0.25, 0.3) is 0 Å². The second kappa shape index (κ2) is 9.99. The van der Waals surface area contributed by atoms with Crippen molar-refractivity contribution in [2.75, 3.05) is 17.9 Å². The maximum Gasteiger partial charge on any atom is 0.270 e. The smallest absolute Gasteiger partial charge is 0.270 e. The molecule has 0 fully saturated rings. The van der Waals surface area contributed by atoms with E-state index in [4.69, 9.17) is 4.74 Å². The molecule has 29 heavy (non-hydrogen) atoms. The second-order valence-corrected chi connectivity index (χ2v) is 8.12. The number of hydrogen-bond donors (Lipinski definition) is 2. The van der Waals surface area contributed by atoms with Crippen molar-refractivity contribution >= 4 is 27.3 Å². The summed E-state index contributed by atoms with van der Waals surface area (Å²) in [6.45, 7) is 4.71. The third-order valence-corrected chi connectivity index (χ3v) is 5.18. The van der Waals surface area contributed by atoms with E-state index in [0.717, 1.165) is 6.07 Å². The maximum atomic E-state index is 12.6. The van der Waals surface area contributed by atoms with Crippen molar-refractivity contribution < 1.29 is 22.9 Å². The van der Waals surface area contributed by atoms with Gasteiger partial charge in [0.15, 0.2) is 0 Å². The Balaban J connectivity index is 2.12. The van der Waals surface area contributed by atoms with E-state index >= 15 is 0 Å². The molecule has 2 N–H and O–H groups in total. The summed E-state index contributed by atoms with van der Waals surface area (Å²) < 4.78 is 33.0. The highest BCUT2D eigenvalue weighted by atomic mass is 32.2. The van der Waals surface area contributed by atoms with Gasteiger partial charge in [0, 0.05) is 25.3 Å². The normalized spacial score (nSPS) is 11.3. The molecule has 0 aliphatic rings. The Kier molecular flexibility index (Phi) is 7.68. The predicted octanol–water partition coefficient (Wildman–Crippen LogP) is 2.94. The zero-order valence-electron chi connectivity index (χ0n) is 16.1. The lowest BCUT2D eigenvalue weighted by Gasteiger charge is -2.13. The number of carbonyl (C=O) groups is 1. The van der Waals surface area contributed by atoms with Crippen molar-refractivity contribution in [3.63, 3.8) is 0 Å². The number of non-ortho nitro benzene ring substituents is 1. The van der Waals surface area contributed by atoms with Gasteiger partial charge in [-0.05, 0) is 38.5 Å². The molecule has 0 unspecified atom stereocenters. The fraction of sp³-hybridized carbons (Fsp3) is 0.316. The van der Waals surface area contributed by atoms with Crippen LogP contribution in [-0.2, 0) is 14.8 Å². The van der Waals surface area contributed by atoms with Crippen LogP contribution in [0, 0.1) is 10.1 Å². The topological polar surface area (TPSA) is 128 Å². The Morgan fingerprint density at radius 1 is 1.17 bits per heavy atom. The number of amides is 1. The molecular weight excluding hydrogens is 398 g/mol. The molecule has 10 heteroatoms. The summed E-state index contributed by atoms with van der Waals surface area (Å²) in [5.41, 5.74) is -0.122. The number of ether oxygens (including phenoxy) is 1. The number of nitro groups is 1. The van der Waals surface area contributed by atoms with Crippen LogP contribution in [0.4, 0.5) is 11.4 Å². The van der Waals surface area contributed by atoms with E-state index in [2.05, 4.69) is 10.0 Å². The second-order valence-electron chi connectivity index (χ2n) is 6.43. The van der Waals surface area contributed by atoms with Gasteiger partial charge in [-0.3, -0.25) is 19.6 Å². The van der Waals surface area contributed by atoms with E-state index in [0.29, 0.717) is 19.6 Å². The number of nitrogens with one attached hydrogen (secondary N) is 2. The van der Waals surface area contributed by atoms with E-state index in [-0.39, 0.29) is 27.9 Å². The molecule has 0 saturated heterocycles. The minimum absolute atomic E-state index is 0.0786. The van der Waals surface area contributed by atoms with Crippen molar-refractivity contribution in [1.29, 1.82) is 0 Å². The van der Waals surface area contributed by atoms with Crippen LogP contribution in [0.3, 0.4) is 0 Å².